The summed E-state index contributed by atoms with van der Waals surface area (Å²) < 4.78 is 8.32. The van der Waals surface area contributed by atoms with Crippen molar-refractivity contribution in [3.05, 3.63) is 28.1 Å². The molecule has 0 unspecified atom stereocenters. The van der Waals surface area contributed by atoms with Gasteiger partial charge in [0.1, 0.15) is 17.1 Å². The molecule has 0 saturated carbocycles. The number of aromatic nitrogens is 4. The van der Waals surface area contributed by atoms with Gasteiger partial charge in [0.05, 0.1) is 23.5 Å². The number of amides is 1. The molecule has 0 saturated heterocycles. The molecule has 21 heavy (non-hydrogen) atoms. The zero-order chi connectivity index (χ0) is 15.6. The number of nitrogens with one attached hydrogen (secondary N) is 1. The average Bonchev–Trinajstić information content (AvgIpc) is 2.94. The summed E-state index contributed by atoms with van der Waals surface area (Å²) in [7, 11) is 3.27. The number of ether oxygens (including phenoxy) is 1. The minimum atomic E-state index is -0.537. The Hall–Kier alpha value is -2.16. The summed E-state index contributed by atoms with van der Waals surface area (Å²) >= 11 is 3.25. The predicted molar refractivity (Wildman–Crippen MR) is 78.0 cm³/mol. The first kappa shape index (κ1) is 15.2. The third-order valence-electron chi connectivity index (χ3n) is 2.78. The maximum absolute atomic E-state index is 12.3. The highest BCUT2D eigenvalue weighted by atomic mass is 79.9. The number of hydrogen-bond acceptors (Lipinski definition) is 5. The van der Waals surface area contributed by atoms with Crippen molar-refractivity contribution in [3.63, 3.8) is 0 Å². The van der Waals surface area contributed by atoms with Crippen molar-refractivity contribution < 1.29 is 14.3 Å². The molecule has 0 bridgehead atoms. The van der Waals surface area contributed by atoms with Crippen LogP contribution in [0, 0.1) is 0 Å². The van der Waals surface area contributed by atoms with Crippen LogP contribution < -0.4 is 5.32 Å². The molecule has 9 heteroatoms. The van der Waals surface area contributed by atoms with Gasteiger partial charge < -0.3 is 10.1 Å². The number of esters is 1. The van der Waals surface area contributed by atoms with E-state index in [0.29, 0.717) is 10.2 Å². The van der Waals surface area contributed by atoms with Crippen molar-refractivity contribution in [1.29, 1.82) is 0 Å². The molecular formula is C12H14BrN5O3. The Balaban J connectivity index is 2.30. The topological polar surface area (TPSA) is 91.0 Å². The molecule has 0 fully saturated rings. The first-order chi connectivity index (χ1) is 9.95. The molecule has 112 valence electrons. The first-order valence-corrected chi connectivity index (χ1v) is 6.93. The van der Waals surface area contributed by atoms with Crippen LogP contribution in [0.2, 0.25) is 0 Å². The second-order valence-corrected chi connectivity index (χ2v) is 5.02. The first-order valence-electron chi connectivity index (χ1n) is 6.13. The highest BCUT2D eigenvalue weighted by Crippen LogP contribution is 2.20. The monoisotopic (exact) mass is 355 g/mol. The number of aryl methyl sites for hydroxylation is 2. The molecule has 2 aromatic rings. The van der Waals surface area contributed by atoms with Crippen molar-refractivity contribution in [3.8, 4) is 0 Å². The van der Waals surface area contributed by atoms with Gasteiger partial charge in [0, 0.05) is 14.1 Å². The molecule has 8 nitrogen and oxygen atoms in total. The fourth-order valence-electron chi connectivity index (χ4n) is 1.78. The molecule has 0 aliphatic carbocycles. The van der Waals surface area contributed by atoms with Gasteiger partial charge >= 0.3 is 5.97 Å². The Morgan fingerprint density at radius 2 is 1.95 bits per heavy atom. The second kappa shape index (κ2) is 6.08. The van der Waals surface area contributed by atoms with Crippen LogP contribution in [0.1, 0.15) is 27.8 Å². The fourth-order valence-corrected chi connectivity index (χ4v) is 2.31. The second-order valence-electron chi connectivity index (χ2n) is 4.17. The van der Waals surface area contributed by atoms with Gasteiger partial charge in [-0.25, -0.2) is 4.79 Å². The van der Waals surface area contributed by atoms with Crippen LogP contribution in [0.5, 0.6) is 0 Å². The van der Waals surface area contributed by atoms with Crippen LogP contribution in [0.3, 0.4) is 0 Å². The number of anilines is 1. The van der Waals surface area contributed by atoms with Gasteiger partial charge in [-0.3, -0.25) is 14.2 Å². The largest absolute Gasteiger partial charge is 0.462 e. The van der Waals surface area contributed by atoms with Crippen molar-refractivity contribution in [1.82, 2.24) is 19.6 Å². The van der Waals surface area contributed by atoms with E-state index in [0.717, 1.165) is 0 Å². The van der Waals surface area contributed by atoms with Gasteiger partial charge in [-0.2, -0.15) is 10.2 Å². The van der Waals surface area contributed by atoms with Gasteiger partial charge in [0.15, 0.2) is 0 Å². The van der Waals surface area contributed by atoms with E-state index >= 15 is 0 Å². The fraction of sp³-hybridized carbons (Fsp3) is 0.333. The van der Waals surface area contributed by atoms with Crippen LogP contribution in [0.4, 0.5) is 5.82 Å². The normalized spacial score (nSPS) is 10.5. The van der Waals surface area contributed by atoms with Crippen molar-refractivity contribution in [2.75, 3.05) is 11.9 Å². The van der Waals surface area contributed by atoms with Gasteiger partial charge in [-0.05, 0) is 22.9 Å². The smallest absolute Gasteiger partial charge is 0.343 e. The third-order valence-corrected chi connectivity index (χ3v) is 3.36. The number of rotatable bonds is 4. The molecule has 0 spiro atoms. The van der Waals surface area contributed by atoms with Gasteiger partial charge in [0.2, 0.25) is 0 Å². The van der Waals surface area contributed by atoms with Crippen LogP contribution in [-0.2, 0) is 18.8 Å². The Bertz CT molecular complexity index is 672. The summed E-state index contributed by atoms with van der Waals surface area (Å²) in [6.45, 7) is 1.95. The lowest BCUT2D eigenvalue weighted by Crippen LogP contribution is -2.20. The van der Waals surface area contributed by atoms with Crippen molar-refractivity contribution in [2.24, 2.45) is 14.1 Å². The minimum absolute atomic E-state index is 0.200. The van der Waals surface area contributed by atoms with E-state index in [2.05, 4.69) is 31.4 Å². The summed E-state index contributed by atoms with van der Waals surface area (Å²) in [5.41, 5.74) is 0.539. The zero-order valence-electron chi connectivity index (χ0n) is 11.8. The van der Waals surface area contributed by atoms with Crippen molar-refractivity contribution in [2.45, 2.75) is 6.92 Å². The third kappa shape index (κ3) is 2.97. The highest BCUT2D eigenvalue weighted by molar-refractivity contribution is 9.10. The Kier molecular flexibility index (Phi) is 4.41. The highest BCUT2D eigenvalue weighted by Gasteiger charge is 2.22. The summed E-state index contributed by atoms with van der Waals surface area (Å²) in [4.78, 5) is 24.1. The van der Waals surface area contributed by atoms with Crippen molar-refractivity contribution >= 4 is 33.6 Å². The van der Waals surface area contributed by atoms with Crippen LogP contribution >= 0.6 is 15.9 Å². The van der Waals surface area contributed by atoms with E-state index in [1.165, 1.54) is 21.8 Å². The maximum Gasteiger partial charge on any atom is 0.343 e. The Labute approximate surface area is 129 Å². The van der Waals surface area contributed by atoms with E-state index in [4.69, 9.17) is 4.74 Å². The van der Waals surface area contributed by atoms with Crippen LogP contribution in [0.15, 0.2) is 16.9 Å². The predicted octanol–water partition coefficient (Wildman–Crippen LogP) is 1.35. The van der Waals surface area contributed by atoms with E-state index < -0.39 is 11.9 Å². The number of carbonyl (C=O) groups is 2. The molecular weight excluding hydrogens is 342 g/mol. The number of hydrogen-bond donors (Lipinski definition) is 1. The lowest BCUT2D eigenvalue weighted by Gasteiger charge is -2.08. The molecule has 1 amide bonds. The minimum Gasteiger partial charge on any atom is -0.462 e. The molecule has 0 aromatic carbocycles. The van der Waals surface area contributed by atoms with Gasteiger partial charge in [0.25, 0.3) is 5.91 Å². The number of halogens is 1. The summed E-state index contributed by atoms with van der Waals surface area (Å²) in [5, 5.41) is 10.6. The molecule has 0 aliphatic rings. The quantitative estimate of drug-likeness (QED) is 0.835. The summed E-state index contributed by atoms with van der Waals surface area (Å²) in [6, 6.07) is 0. The Morgan fingerprint density at radius 1 is 1.29 bits per heavy atom. The van der Waals surface area contributed by atoms with Crippen LogP contribution in [-0.4, -0.2) is 38.0 Å². The van der Waals surface area contributed by atoms with E-state index in [9.17, 15) is 9.59 Å². The SMILES string of the molecule is CCOC(=O)c1cnn(C)c1NC(=O)c1c(Br)cnn1C. The van der Waals surface area contributed by atoms with Gasteiger partial charge in [-0.1, -0.05) is 0 Å². The van der Waals surface area contributed by atoms with E-state index in [1.807, 2.05) is 0 Å². The Morgan fingerprint density at radius 3 is 2.52 bits per heavy atom. The molecule has 1 N–H and O–H groups in total. The average molecular weight is 356 g/mol. The lowest BCUT2D eigenvalue weighted by molar-refractivity contribution is 0.0527. The van der Waals surface area contributed by atoms with Crippen LogP contribution in [0.25, 0.3) is 0 Å². The molecule has 0 atom stereocenters. The standard InChI is InChI=1S/C12H14BrN5O3/c1-4-21-12(20)7-5-14-18(3)10(7)16-11(19)9-8(13)6-15-17(9)2/h5-6H,4H2,1-3H3,(H,16,19). The lowest BCUT2D eigenvalue weighted by atomic mass is 10.3. The van der Waals surface area contributed by atoms with E-state index in [-0.39, 0.29) is 18.0 Å². The molecule has 2 heterocycles. The molecule has 2 aromatic heterocycles. The summed E-state index contributed by atoms with van der Waals surface area (Å²) in [6.07, 6.45) is 2.87. The number of carbonyl (C=O) groups excluding carboxylic acids is 2. The van der Waals surface area contributed by atoms with E-state index in [1.54, 1.807) is 21.0 Å². The number of nitrogens with zero attached hydrogens (tertiary/aromatic N) is 4. The molecule has 2 rings (SSSR count). The zero-order valence-corrected chi connectivity index (χ0v) is 13.3. The molecule has 0 radical (unpaired) electrons. The molecule has 0 aliphatic heterocycles. The van der Waals surface area contributed by atoms with Gasteiger partial charge in [-0.15, -0.1) is 0 Å². The maximum atomic E-state index is 12.3. The summed E-state index contributed by atoms with van der Waals surface area (Å²) in [5.74, 6) is -0.674.